The van der Waals surface area contributed by atoms with Crippen molar-refractivity contribution in [1.82, 2.24) is 24.6 Å². The maximum atomic E-state index is 5.73. The zero-order valence-electron chi connectivity index (χ0n) is 18.3. The van der Waals surface area contributed by atoms with E-state index in [0.29, 0.717) is 11.6 Å². The predicted octanol–water partition coefficient (Wildman–Crippen LogP) is 5.51. The van der Waals surface area contributed by atoms with Gasteiger partial charge in [0.25, 0.3) is 0 Å². The molecule has 0 atom stereocenters. The molecule has 7 heteroatoms. The van der Waals surface area contributed by atoms with Crippen LogP contribution in [0.25, 0.3) is 17.1 Å². The number of aryl methyl sites for hydroxylation is 1. The zero-order valence-corrected chi connectivity index (χ0v) is 19.1. The number of nitrogens with zero attached hydrogens (tertiary/aromatic N) is 5. The van der Waals surface area contributed by atoms with Crippen molar-refractivity contribution in [2.24, 2.45) is 0 Å². The molecule has 6 nitrogen and oxygen atoms in total. The quantitative estimate of drug-likeness (QED) is 0.350. The first kappa shape index (κ1) is 21.0. The van der Waals surface area contributed by atoms with Crippen LogP contribution >= 0.6 is 11.8 Å². The molecule has 4 aromatic rings. The summed E-state index contributed by atoms with van der Waals surface area (Å²) in [5.74, 6) is 2.31. The fourth-order valence-corrected chi connectivity index (χ4v) is 4.84. The molecular weight excluding hydrogens is 418 g/mol. The Hall–Kier alpha value is -2.90. The lowest BCUT2D eigenvalue weighted by Crippen LogP contribution is -2.30. The second-order valence-electron chi connectivity index (χ2n) is 8.21. The van der Waals surface area contributed by atoms with Crippen LogP contribution in [0, 0.1) is 6.92 Å². The van der Waals surface area contributed by atoms with E-state index in [1.165, 1.54) is 24.8 Å². The SMILES string of the molecule is Cc1ccc(-c2nc(CSc3nnc(CN4CCCCC4)n3-c3ccccc3)co2)cc1. The Labute approximate surface area is 192 Å². The van der Waals surface area contributed by atoms with E-state index < -0.39 is 0 Å². The van der Waals surface area contributed by atoms with E-state index in [-0.39, 0.29) is 0 Å². The van der Waals surface area contributed by atoms with Gasteiger partial charge in [-0.2, -0.15) is 0 Å². The Kier molecular flexibility index (Phi) is 6.36. The Morgan fingerprint density at radius 1 is 0.938 bits per heavy atom. The Morgan fingerprint density at radius 3 is 2.50 bits per heavy atom. The molecule has 164 valence electrons. The Morgan fingerprint density at radius 2 is 1.72 bits per heavy atom. The molecule has 0 spiro atoms. The van der Waals surface area contributed by atoms with Crippen LogP contribution in [0.5, 0.6) is 0 Å². The smallest absolute Gasteiger partial charge is 0.226 e. The van der Waals surface area contributed by atoms with Gasteiger partial charge in [-0.1, -0.05) is 54.1 Å². The molecular formula is C25H27N5OS. The number of benzene rings is 2. The van der Waals surface area contributed by atoms with E-state index in [1.54, 1.807) is 18.0 Å². The summed E-state index contributed by atoms with van der Waals surface area (Å²) in [6.07, 6.45) is 5.58. The van der Waals surface area contributed by atoms with Crippen LogP contribution in [0.4, 0.5) is 0 Å². The molecule has 0 radical (unpaired) electrons. The van der Waals surface area contributed by atoms with Crippen molar-refractivity contribution in [1.29, 1.82) is 0 Å². The monoisotopic (exact) mass is 445 g/mol. The number of para-hydroxylation sites is 1. The molecule has 2 aromatic heterocycles. The van der Waals surface area contributed by atoms with E-state index in [4.69, 9.17) is 4.42 Å². The first-order valence-electron chi connectivity index (χ1n) is 11.1. The van der Waals surface area contributed by atoms with Gasteiger partial charge in [0, 0.05) is 17.0 Å². The van der Waals surface area contributed by atoms with Gasteiger partial charge in [-0.25, -0.2) is 4.98 Å². The van der Waals surface area contributed by atoms with Crippen molar-refractivity contribution >= 4 is 11.8 Å². The third-order valence-electron chi connectivity index (χ3n) is 5.73. The summed E-state index contributed by atoms with van der Waals surface area (Å²) in [5.41, 5.74) is 4.19. The van der Waals surface area contributed by atoms with Crippen molar-refractivity contribution in [3.8, 4) is 17.1 Å². The van der Waals surface area contributed by atoms with Gasteiger partial charge in [-0.15, -0.1) is 10.2 Å². The molecule has 2 aromatic carbocycles. The molecule has 5 rings (SSSR count). The maximum Gasteiger partial charge on any atom is 0.226 e. The van der Waals surface area contributed by atoms with Crippen LogP contribution in [0.1, 0.15) is 36.3 Å². The van der Waals surface area contributed by atoms with Crippen molar-refractivity contribution < 1.29 is 4.42 Å². The predicted molar refractivity (Wildman–Crippen MR) is 127 cm³/mol. The normalized spacial score (nSPS) is 14.7. The molecule has 3 heterocycles. The summed E-state index contributed by atoms with van der Waals surface area (Å²) in [7, 11) is 0. The summed E-state index contributed by atoms with van der Waals surface area (Å²) >= 11 is 1.64. The van der Waals surface area contributed by atoms with Gasteiger partial charge < -0.3 is 4.42 Å². The highest BCUT2D eigenvalue weighted by molar-refractivity contribution is 7.98. The molecule has 1 saturated heterocycles. The van der Waals surface area contributed by atoms with Crippen LogP contribution < -0.4 is 0 Å². The number of thioether (sulfide) groups is 1. The maximum absolute atomic E-state index is 5.73. The minimum absolute atomic E-state index is 0.649. The van der Waals surface area contributed by atoms with Gasteiger partial charge in [0.15, 0.2) is 11.0 Å². The molecule has 0 saturated carbocycles. The number of hydrogen-bond acceptors (Lipinski definition) is 6. The van der Waals surface area contributed by atoms with Gasteiger partial charge in [0.1, 0.15) is 6.26 Å². The molecule has 1 aliphatic rings. The van der Waals surface area contributed by atoms with Crippen molar-refractivity contribution in [3.63, 3.8) is 0 Å². The minimum atomic E-state index is 0.649. The number of rotatable bonds is 7. The first-order chi connectivity index (χ1) is 15.8. The summed E-state index contributed by atoms with van der Waals surface area (Å²) in [5, 5.41) is 9.98. The molecule has 0 amide bonds. The van der Waals surface area contributed by atoms with Crippen LogP contribution in [0.3, 0.4) is 0 Å². The van der Waals surface area contributed by atoms with Crippen LogP contribution in [0.15, 0.2) is 70.4 Å². The summed E-state index contributed by atoms with van der Waals surface area (Å²) in [4.78, 5) is 7.15. The highest BCUT2D eigenvalue weighted by Gasteiger charge is 2.19. The lowest BCUT2D eigenvalue weighted by molar-refractivity contribution is 0.214. The molecule has 0 N–H and O–H groups in total. The second-order valence-corrected chi connectivity index (χ2v) is 9.15. The highest BCUT2D eigenvalue weighted by atomic mass is 32.2. The Balaban J connectivity index is 1.35. The van der Waals surface area contributed by atoms with Gasteiger partial charge in [-0.3, -0.25) is 9.47 Å². The molecule has 0 aliphatic carbocycles. The molecule has 1 fully saturated rings. The van der Waals surface area contributed by atoms with Crippen molar-refractivity contribution in [3.05, 3.63) is 77.9 Å². The molecule has 0 bridgehead atoms. The average molecular weight is 446 g/mol. The van der Waals surface area contributed by atoms with Gasteiger partial charge in [0.2, 0.25) is 5.89 Å². The van der Waals surface area contributed by atoms with Crippen molar-refractivity contribution in [2.75, 3.05) is 13.1 Å². The number of likely N-dealkylation sites (tertiary alicyclic amines) is 1. The standard InChI is InChI=1S/C25H27N5OS/c1-19-10-12-20(13-11-19)24-26-21(17-31-24)18-32-25-28-27-23(16-29-14-6-3-7-15-29)30(25)22-8-4-2-5-9-22/h2,4-5,8-13,17H,3,6-7,14-16,18H2,1H3. The molecule has 1 aliphatic heterocycles. The lowest BCUT2D eigenvalue weighted by Gasteiger charge is -2.26. The van der Waals surface area contributed by atoms with Gasteiger partial charge in [0.05, 0.1) is 12.2 Å². The number of oxazole rings is 1. The molecule has 0 unspecified atom stereocenters. The fourth-order valence-electron chi connectivity index (χ4n) is 3.99. The van der Waals surface area contributed by atoms with Crippen LogP contribution in [-0.4, -0.2) is 37.7 Å². The van der Waals surface area contributed by atoms with E-state index >= 15 is 0 Å². The summed E-state index contributed by atoms with van der Waals surface area (Å²) < 4.78 is 7.91. The molecule has 32 heavy (non-hydrogen) atoms. The minimum Gasteiger partial charge on any atom is -0.444 e. The van der Waals surface area contributed by atoms with E-state index in [9.17, 15) is 0 Å². The number of hydrogen-bond donors (Lipinski definition) is 0. The highest BCUT2D eigenvalue weighted by Crippen LogP contribution is 2.27. The number of aromatic nitrogens is 4. The average Bonchev–Trinajstić information content (AvgIpc) is 3.47. The second kappa shape index (κ2) is 9.71. The van der Waals surface area contributed by atoms with Crippen LogP contribution in [-0.2, 0) is 12.3 Å². The van der Waals surface area contributed by atoms with E-state index in [0.717, 1.165) is 47.6 Å². The van der Waals surface area contributed by atoms with E-state index in [1.807, 2.05) is 18.2 Å². The summed E-state index contributed by atoms with van der Waals surface area (Å²) in [6.45, 7) is 5.16. The largest absolute Gasteiger partial charge is 0.444 e. The third kappa shape index (κ3) is 4.79. The Bertz CT molecular complexity index is 1150. The lowest BCUT2D eigenvalue weighted by atomic mass is 10.1. The number of piperidine rings is 1. The van der Waals surface area contributed by atoms with E-state index in [2.05, 4.69) is 68.0 Å². The fraction of sp³-hybridized carbons (Fsp3) is 0.320. The summed E-state index contributed by atoms with van der Waals surface area (Å²) in [6, 6.07) is 18.6. The third-order valence-corrected chi connectivity index (χ3v) is 6.69. The van der Waals surface area contributed by atoms with Gasteiger partial charge >= 0.3 is 0 Å². The van der Waals surface area contributed by atoms with Crippen LogP contribution in [0.2, 0.25) is 0 Å². The van der Waals surface area contributed by atoms with Crippen molar-refractivity contribution in [2.45, 2.75) is 43.6 Å². The topological polar surface area (TPSA) is 60.0 Å². The van der Waals surface area contributed by atoms with Gasteiger partial charge in [-0.05, 0) is 57.1 Å². The zero-order chi connectivity index (χ0) is 21.8. The first-order valence-corrected chi connectivity index (χ1v) is 12.1.